The molecule has 0 bridgehead atoms. The molecule has 1 aliphatic heterocycles. The van der Waals surface area contributed by atoms with Gasteiger partial charge in [-0.3, -0.25) is 4.79 Å². The summed E-state index contributed by atoms with van der Waals surface area (Å²) >= 11 is 0. The molecule has 0 saturated carbocycles. The molecule has 4 heteroatoms. The average Bonchev–Trinajstić information content (AvgIpc) is 2.31. The Labute approximate surface area is 107 Å². The lowest BCUT2D eigenvalue weighted by Gasteiger charge is -2.45. The number of rotatable bonds is 1. The summed E-state index contributed by atoms with van der Waals surface area (Å²) in [7, 11) is 0. The molecule has 0 radical (unpaired) electrons. The number of nitrogens with one attached hydrogen (secondary N) is 1. The van der Waals surface area contributed by atoms with Crippen LogP contribution in [0.5, 0.6) is 0 Å². The normalized spacial score (nSPS) is 22.9. The lowest BCUT2D eigenvalue weighted by molar-refractivity contribution is 0.0410. The number of halogens is 1. The minimum absolute atomic E-state index is 0.104. The first kappa shape index (κ1) is 13.0. The van der Waals surface area contributed by atoms with Crippen molar-refractivity contribution in [3.8, 4) is 0 Å². The van der Waals surface area contributed by atoms with Crippen LogP contribution in [0.15, 0.2) is 24.3 Å². The summed E-state index contributed by atoms with van der Waals surface area (Å²) in [6, 6.07) is 6.14. The molecule has 1 heterocycles. The van der Waals surface area contributed by atoms with E-state index in [9.17, 15) is 9.18 Å². The van der Waals surface area contributed by atoms with E-state index in [1.54, 1.807) is 12.1 Å². The van der Waals surface area contributed by atoms with E-state index in [1.807, 2.05) is 25.7 Å². The number of hydrogen-bond donors (Lipinski definition) is 1. The second-order valence-electron chi connectivity index (χ2n) is 5.52. The number of nitrogens with zero attached hydrogens (tertiary/aromatic N) is 1. The molecule has 2 rings (SSSR count). The van der Waals surface area contributed by atoms with Crippen LogP contribution in [-0.4, -0.2) is 35.5 Å². The van der Waals surface area contributed by atoms with Gasteiger partial charge in [-0.15, -0.1) is 0 Å². The Bertz CT molecular complexity index is 459. The minimum atomic E-state index is -0.373. The van der Waals surface area contributed by atoms with Crippen LogP contribution in [0.1, 0.15) is 31.1 Å². The predicted molar refractivity (Wildman–Crippen MR) is 69.0 cm³/mol. The van der Waals surface area contributed by atoms with Crippen LogP contribution in [0.25, 0.3) is 0 Å². The van der Waals surface area contributed by atoms with Gasteiger partial charge in [0, 0.05) is 24.7 Å². The lowest BCUT2D eigenvalue weighted by atomic mass is 9.96. The number of piperazine rings is 1. The Balaban J connectivity index is 2.26. The van der Waals surface area contributed by atoms with Gasteiger partial charge in [0.25, 0.3) is 5.91 Å². The summed E-state index contributed by atoms with van der Waals surface area (Å²) < 4.78 is 13.2. The fraction of sp³-hybridized carbons (Fsp3) is 0.500. The van der Waals surface area contributed by atoms with Gasteiger partial charge < -0.3 is 10.2 Å². The highest BCUT2D eigenvalue weighted by Crippen LogP contribution is 2.21. The largest absolute Gasteiger partial charge is 0.331 e. The van der Waals surface area contributed by atoms with E-state index in [0.717, 1.165) is 6.54 Å². The van der Waals surface area contributed by atoms with Crippen molar-refractivity contribution in [2.75, 3.05) is 13.1 Å². The second kappa shape index (κ2) is 4.69. The molecule has 3 nitrogen and oxygen atoms in total. The molecule has 1 saturated heterocycles. The third kappa shape index (κ3) is 2.53. The number of benzene rings is 1. The van der Waals surface area contributed by atoms with Gasteiger partial charge in [0.1, 0.15) is 5.82 Å². The zero-order chi connectivity index (χ0) is 13.3. The molecule has 1 N–H and O–H groups in total. The zero-order valence-electron chi connectivity index (χ0n) is 11.0. The average molecular weight is 250 g/mol. The van der Waals surface area contributed by atoms with Crippen molar-refractivity contribution in [2.24, 2.45) is 0 Å². The van der Waals surface area contributed by atoms with E-state index in [1.165, 1.54) is 12.1 Å². The summed E-state index contributed by atoms with van der Waals surface area (Å²) in [6.07, 6.45) is 0. The van der Waals surface area contributed by atoms with Crippen molar-refractivity contribution in [3.05, 3.63) is 35.6 Å². The molecular formula is C14H19FN2O. The van der Waals surface area contributed by atoms with Gasteiger partial charge in [-0.05, 0) is 39.0 Å². The first-order chi connectivity index (χ1) is 8.40. The van der Waals surface area contributed by atoms with Crippen molar-refractivity contribution >= 4 is 5.91 Å². The standard InChI is InChI=1S/C14H19FN2O/c1-10-8-17(14(2,3)9-16-10)13(18)11-5-4-6-12(15)7-11/h4-7,10,16H,8-9H2,1-3H3. The molecule has 1 amide bonds. The van der Waals surface area contributed by atoms with E-state index in [0.29, 0.717) is 12.1 Å². The Morgan fingerprint density at radius 1 is 1.50 bits per heavy atom. The molecule has 1 atom stereocenters. The zero-order valence-corrected chi connectivity index (χ0v) is 11.0. The fourth-order valence-corrected chi connectivity index (χ4v) is 2.24. The molecule has 1 aliphatic rings. The summed E-state index contributed by atoms with van der Waals surface area (Å²) in [6.45, 7) is 7.46. The van der Waals surface area contributed by atoms with Gasteiger partial charge in [0.2, 0.25) is 0 Å². The van der Waals surface area contributed by atoms with Gasteiger partial charge in [-0.1, -0.05) is 6.07 Å². The van der Waals surface area contributed by atoms with Crippen LogP contribution in [0, 0.1) is 5.82 Å². The van der Waals surface area contributed by atoms with E-state index in [4.69, 9.17) is 0 Å². The Kier molecular flexibility index (Phi) is 3.39. The quantitative estimate of drug-likeness (QED) is 0.827. The van der Waals surface area contributed by atoms with E-state index >= 15 is 0 Å². The number of amides is 1. The maximum Gasteiger partial charge on any atom is 0.254 e. The molecule has 1 unspecified atom stereocenters. The molecule has 1 fully saturated rings. The summed E-state index contributed by atoms with van der Waals surface area (Å²) in [4.78, 5) is 14.3. The van der Waals surface area contributed by atoms with Crippen LogP contribution < -0.4 is 5.32 Å². The third-order valence-corrected chi connectivity index (χ3v) is 3.39. The second-order valence-corrected chi connectivity index (χ2v) is 5.52. The van der Waals surface area contributed by atoms with Gasteiger partial charge in [-0.25, -0.2) is 4.39 Å². The van der Waals surface area contributed by atoms with Gasteiger partial charge in [-0.2, -0.15) is 0 Å². The van der Waals surface area contributed by atoms with E-state index < -0.39 is 0 Å². The van der Waals surface area contributed by atoms with Crippen molar-refractivity contribution in [1.82, 2.24) is 10.2 Å². The van der Waals surface area contributed by atoms with Gasteiger partial charge >= 0.3 is 0 Å². The van der Waals surface area contributed by atoms with E-state index in [2.05, 4.69) is 5.32 Å². The third-order valence-electron chi connectivity index (χ3n) is 3.39. The highest BCUT2D eigenvalue weighted by Gasteiger charge is 2.36. The maximum absolute atomic E-state index is 13.2. The molecule has 1 aromatic carbocycles. The smallest absolute Gasteiger partial charge is 0.254 e. The van der Waals surface area contributed by atoms with Crippen LogP contribution in [0.4, 0.5) is 4.39 Å². The molecule has 98 valence electrons. The Morgan fingerprint density at radius 3 is 2.89 bits per heavy atom. The number of carbonyl (C=O) groups excluding carboxylic acids is 1. The van der Waals surface area contributed by atoms with Crippen molar-refractivity contribution in [2.45, 2.75) is 32.4 Å². The molecule has 0 aliphatic carbocycles. The van der Waals surface area contributed by atoms with Crippen LogP contribution in [-0.2, 0) is 0 Å². The van der Waals surface area contributed by atoms with Crippen molar-refractivity contribution < 1.29 is 9.18 Å². The van der Waals surface area contributed by atoms with Crippen molar-refractivity contribution in [3.63, 3.8) is 0 Å². The fourth-order valence-electron chi connectivity index (χ4n) is 2.24. The highest BCUT2D eigenvalue weighted by molar-refractivity contribution is 5.94. The first-order valence-electron chi connectivity index (χ1n) is 6.21. The molecular weight excluding hydrogens is 231 g/mol. The van der Waals surface area contributed by atoms with E-state index in [-0.39, 0.29) is 23.3 Å². The molecule has 1 aromatic rings. The van der Waals surface area contributed by atoms with Crippen LogP contribution in [0.2, 0.25) is 0 Å². The maximum atomic E-state index is 13.2. The SMILES string of the molecule is CC1CN(C(=O)c2cccc(F)c2)C(C)(C)CN1. The summed E-state index contributed by atoms with van der Waals surface area (Å²) in [5.41, 5.74) is 0.160. The minimum Gasteiger partial charge on any atom is -0.331 e. The first-order valence-corrected chi connectivity index (χ1v) is 6.21. The van der Waals surface area contributed by atoms with Gasteiger partial charge in [0.15, 0.2) is 0 Å². The van der Waals surface area contributed by atoms with Gasteiger partial charge in [0.05, 0.1) is 5.54 Å². The predicted octanol–water partition coefficient (Wildman–Crippen LogP) is 2.04. The molecule has 0 spiro atoms. The highest BCUT2D eigenvalue weighted by atomic mass is 19.1. The summed E-state index contributed by atoms with van der Waals surface area (Å²) in [5.74, 6) is -0.477. The number of hydrogen-bond acceptors (Lipinski definition) is 2. The molecule has 18 heavy (non-hydrogen) atoms. The van der Waals surface area contributed by atoms with Crippen LogP contribution >= 0.6 is 0 Å². The number of carbonyl (C=O) groups is 1. The topological polar surface area (TPSA) is 32.3 Å². The Hall–Kier alpha value is -1.42. The monoisotopic (exact) mass is 250 g/mol. The van der Waals surface area contributed by atoms with Crippen molar-refractivity contribution in [1.29, 1.82) is 0 Å². The lowest BCUT2D eigenvalue weighted by Crippen LogP contribution is -2.62. The Morgan fingerprint density at radius 2 is 2.22 bits per heavy atom. The molecule has 0 aromatic heterocycles. The van der Waals surface area contributed by atoms with Crippen LogP contribution in [0.3, 0.4) is 0 Å². The summed E-state index contributed by atoms with van der Waals surface area (Å²) in [5, 5.41) is 3.35.